The van der Waals surface area contributed by atoms with E-state index in [1.165, 1.54) is 13.0 Å². The van der Waals surface area contributed by atoms with E-state index in [2.05, 4.69) is 4.98 Å². The van der Waals surface area contributed by atoms with Crippen molar-refractivity contribution in [3.05, 3.63) is 52.2 Å². The Balaban J connectivity index is 2.16. The largest absolute Gasteiger partial charge is 0.456 e. The van der Waals surface area contributed by atoms with Gasteiger partial charge in [-0.3, -0.25) is 4.79 Å². The summed E-state index contributed by atoms with van der Waals surface area (Å²) in [5.41, 5.74) is -1.33. The molecule has 1 aromatic heterocycles. The van der Waals surface area contributed by atoms with Crippen LogP contribution in [0.25, 0.3) is 11.3 Å². The molecular formula is C19H15F6NO2. The van der Waals surface area contributed by atoms with Crippen LogP contribution in [0.2, 0.25) is 0 Å². The number of aryl methyl sites for hydroxylation is 1. The van der Waals surface area contributed by atoms with Gasteiger partial charge < -0.3 is 4.74 Å². The lowest BCUT2D eigenvalue weighted by atomic mass is 9.99. The minimum absolute atomic E-state index is 0.0353. The Kier molecular flexibility index (Phi) is 4.89. The van der Waals surface area contributed by atoms with Gasteiger partial charge in [-0.1, -0.05) is 0 Å². The van der Waals surface area contributed by atoms with Crippen molar-refractivity contribution in [3.8, 4) is 11.3 Å². The zero-order valence-corrected chi connectivity index (χ0v) is 14.8. The summed E-state index contributed by atoms with van der Waals surface area (Å²) in [4.78, 5) is 15.5. The standard InChI is InChI=1S/C19H15F6NO2/c1-9-5-15(26-17-14(9)3-4-16(17)28-10(2)27)11-6-12(18(20,21)22)8-13(7-11)19(23,24)25/h5-8,16H,3-4H2,1-2H3/t16-/m1/s1. The number of carbonyl (C=O) groups is 1. The molecule has 1 aliphatic carbocycles. The van der Waals surface area contributed by atoms with Crippen LogP contribution in [-0.2, 0) is 28.3 Å². The second-order valence-corrected chi connectivity index (χ2v) is 6.62. The summed E-state index contributed by atoms with van der Waals surface area (Å²) in [6.07, 6.45) is -9.53. The van der Waals surface area contributed by atoms with E-state index in [9.17, 15) is 31.1 Å². The zero-order valence-electron chi connectivity index (χ0n) is 14.8. The number of hydrogen-bond acceptors (Lipinski definition) is 3. The molecule has 0 saturated carbocycles. The monoisotopic (exact) mass is 403 g/mol. The van der Waals surface area contributed by atoms with Gasteiger partial charge in [0.25, 0.3) is 0 Å². The molecule has 150 valence electrons. The van der Waals surface area contributed by atoms with Gasteiger partial charge in [0, 0.05) is 12.5 Å². The molecule has 0 saturated heterocycles. The molecule has 28 heavy (non-hydrogen) atoms. The molecule has 0 bridgehead atoms. The molecule has 0 N–H and O–H groups in total. The van der Waals surface area contributed by atoms with Crippen molar-refractivity contribution in [3.63, 3.8) is 0 Å². The molecule has 0 fully saturated rings. The summed E-state index contributed by atoms with van der Waals surface area (Å²) in [5.74, 6) is -0.541. The molecule has 3 nitrogen and oxygen atoms in total. The number of halogens is 6. The smallest absolute Gasteiger partial charge is 0.416 e. The van der Waals surface area contributed by atoms with E-state index in [-0.39, 0.29) is 17.3 Å². The van der Waals surface area contributed by atoms with E-state index in [4.69, 9.17) is 4.74 Å². The summed E-state index contributed by atoms with van der Waals surface area (Å²) in [6, 6.07) is 2.80. The lowest BCUT2D eigenvalue weighted by Gasteiger charge is -2.16. The van der Waals surface area contributed by atoms with Crippen LogP contribution in [0.5, 0.6) is 0 Å². The number of carbonyl (C=O) groups excluding carboxylic acids is 1. The highest BCUT2D eigenvalue weighted by Crippen LogP contribution is 2.40. The van der Waals surface area contributed by atoms with Gasteiger partial charge in [0.05, 0.1) is 22.5 Å². The van der Waals surface area contributed by atoms with E-state index in [1.54, 1.807) is 6.92 Å². The van der Waals surface area contributed by atoms with Gasteiger partial charge in [-0.2, -0.15) is 26.3 Å². The van der Waals surface area contributed by atoms with Crippen LogP contribution in [0.15, 0.2) is 24.3 Å². The number of fused-ring (bicyclic) bond motifs is 1. The van der Waals surface area contributed by atoms with Crippen molar-refractivity contribution in [2.75, 3.05) is 0 Å². The number of benzene rings is 1. The van der Waals surface area contributed by atoms with Crippen LogP contribution in [0.4, 0.5) is 26.3 Å². The van der Waals surface area contributed by atoms with Gasteiger partial charge in [-0.15, -0.1) is 0 Å². The third kappa shape index (κ3) is 3.98. The first-order valence-corrected chi connectivity index (χ1v) is 8.33. The maximum absolute atomic E-state index is 13.1. The summed E-state index contributed by atoms with van der Waals surface area (Å²) in [7, 11) is 0. The number of alkyl halides is 6. The van der Waals surface area contributed by atoms with E-state index < -0.39 is 35.6 Å². The van der Waals surface area contributed by atoms with Gasteiger partial charge >= 0.3 is 18.3 Å². The van der Waals surface area contributed by atoms with E-state index >= 15 is 0 Å². The van der Waals surface area contributed by atoms with Gasteiger partial charge in [0.2, 0.25) is 0 Å². The Labute approximate surface area is 156 Å². The van der Waals surface area contributed by atoms with Crippen molar-refractivity contribution >= 4 is 5.97 Å². The molecule has 0 spiro atoms. The molecule has 0 radical (unpaired) electrons. The Hall–Kier alpha value is -2.58. The van der Waals surface area contributed by atoms with Crippen LogP contribution < -0.4 is 0 Å². The Morgan fingerprint density at radius 2 is 1.61 bits per heavy atom. The van der Waals surface area contributed by atoms with E-state index in [0.717, 1.165) is 5.56 Å². The first-order valence-electron chi connectivity index (χ1n) is 8.33. The number of hydrogen-bond donors (Lipinski definition) is 0. The molecule has 2 aromatic rings. The third-order valence-electron chi connectivity index (χ3n) is 4.53. The Morgan fingerprint density at radius 3 is 2.11 bits per heavy atom. The number of rotatable bonds is 2. The fourth-order valence-electron chi connectivity index (χ4n) is 3.29. The fourth-order valence-corrected chi connectivity index (χ4v) is 3.29. The quantitative estimate of drug-likeness (QED) is 0.481. The lowest BCUT2D eigenvalue weighted by Crippen LogP contribution is -2.11. The molecule has 0 amide bonds. The van der Waals surface area contributed by atoms with Crippen molar-refractivity contribution in [1.29, 1.82) is 0 Å². The van der Waals surface area contributed by atoms with Crippen molar-refractivity contribution in [1.82, 2.24) is 4.98 Å². The molecule has 1 aliphatic rings. The van der Waals surface area contributed by atoms with Gasteiger partial charge in [-0.05, 0) is 55.2 Å². The number of nitrogens with zero attached hydrogens (tertiary/aromatic N) is 1. The molecule has 1 heterocycles. The van der Waals surface area contributed by atoms with Gasteiger partial charge in [0.1, 0.15) is 6.10 Å². The van der Waals surface area contributed by atoms with E-state index in [0.29, 0.717) is 36.2 Å². The number of esters is 1. The fraction of sp³-hybridized carbons (Fsp3) is 0.368. The highest BCUT2D eigenvalue weighted by atomic mass is 19.4. The van der Waals surface area contributed by atoms with Gasteiger partial charge in [0.15, 0.2) is 0 Å². The molecular weight excluding hydrogens is 388 g/mol. The normalized spacial score (nSPS) is 16.8. The zero-order chi connectivity index (χ0) is 20.9. The highest BCUT2D eigenvalue weighted by Gasteiger charge is 2.37. The second kappa shape index (κ2) is 6.79. The SMILES string of the molecule is CC(=O)O[C@@H]1CCc2c(C)cc(-c3cc(C(F)(F)F)cc(C(F)(F)F)c3)nc21. The molecule has 1 aromatic carbocycles. The van der Waals surface area contributed by atoms with Crippen molar-refractivity contribution < 1.29 is 35.9 Å². The van der Waals surface area contributed by atoms with Crippen LogP contribution in [-0.4, -0.2) is 11.0 Å². The van der Waals surface area contributed by atoms with Crippen LogP contribution in [0.3, 0.4) is 0 Å². The van der Waals surface area contributed by atoms with Crippen LogP contribution in [0, 0.1) is 6.92 Å². The van der Waals surface area contributed by atoms with Crippen molar-refractivity contribution in [2.24, 2.45) is 0 Å². The summed E-state index contributed by atoms with van der Waals surface area (Å²) in [6.45, 7) is 2.91. The van der Waals surface area contributed by atoms with Crippen molar-refractivity contribution in [2.45, 2.75) is 45.1 Å². The lowest BCUT2D eigenvalue weighted by molar-refractivity contribution is -0.147. The van der Waals surface area contributed by atoms with Crippen LogP contribution >= 0.6 is 0 Å². The molecule has 1 atom stereocenters. The highest BCUT2D eigenvalue weighted by molar-refractivity contribution is 5.67. The first-order chi connectivity index (χ1) is 12.9. The third-order valence-corrected chi connectivity index (χ3v) is 4.53. The number of aromatic nitrogens is 1. The Bertz CT molecular complexity index is 901. The van der Waals surface area contributed by atoms with E-state index in [1.807, 2.05) is 0 Å². The van der Waals surface area contributed by atoms with Gasteiger partial charge in [-0.25, -0.2) is 4.98 Å². The predicted molar refractivity (Wildman–Crippen MR) is 87.2 cm³/mol. The summed E-state index contributed by atoms with van der Waals surface area (Å²) < 4.78 is 83.8. The predicted octanol–water partition coefficient (Wildman–Crippen LogP) is 5.65. The average molecular weight is 403 g/mol. The minimum atomic E-state index is -4.94. The topological polar surface area (TPSA) is 39.2 Å². The maximum Gasteiger partial charge on any atom is 0.416 e. The number of ether oxygens (including phenoxy) is 1. The molecule has 0 aliphatic heterocycles. The number of pyridine rings is 1. The average Bonchev–Trinajstić information content (AvgIpc) is 2.95. The van der Waals surface area contributed by atoms with Crippen LogP contribution in [0.1, 0.15) is 47.4 Å². The molecule has 0 unspecified atom stereocenters. The minimum Gasteiger partial charge on any atom is -0.456 e. The molecule has 9 heteroatoms. The first kappa shape index (κ1) is 20.2. The summed E-state index contributed by atoms with van der Waals surface area (Å²) in [5, 5.41) is 0. The maximum atomic E-state index is 13.1. The Morgan fingerprint density at radius 1 is 1.04 bits per heavy atom. The molecule has 3 rings (SSSR count). The second-order valence-electron chi connectivity index (χ2n) is 6.62. The summed E-state index contributed by atoms with van der Waals surface area (Å²) >= 11 is 0.